The molecule has 0 bridgehead atoms. The number of benzene rings is 2. The van der Waals surface area contributed by atoms with Gasteiger partial charge in [0, 0.05) is 17.1 Å². The van der Waals surface area contributed by atoms with Crippen molar-refractivity contribution in [3.63, 3.8) is 0 Å². The number of methoxy groups -OCH3 is 2. The highest BCUT2D eigenvalue weighted by Gasteiger charge is 2.05. The van der Waals surface area contributed by atoms with E-state index in [2.05, 4.69) is 21.2 Å². The van der Waals surface area contributed by atoms with Crippen molar-refractivity contribution in [2.24, 2.45) is 0 Å². The van der Waals surface area contributed by atoms with Gasteiger partial charge < -0.3 is 14.8 Å². The fraction of sp³-hybridized carbons (Fsp3) is 0.200. The molecular formula is C15H15BrClNO2. The zero-order valence-corrected chi connectivity index (χ0v) is 13.6. The van der Waals surface area contributed by atoms with Crippen LogP contribution >= 0.6 is 27.5 Å². The molecule has 0 heterocycles. The molecule has 2 rings (SSSR count). The van der Waals surface area contributed by atoms with E-state index in [0.29, 0.717) is 11.6 Å². The second-order valence-electron chi connectivity index (χ2n) is 4.16. The van der Waals surface area contributed by atoms with E-state index in [1.54, 1.807) is 14.2 Å². The van der Waals surface area contributed by atoms with Crippen LogP contribution < -0.4 is 14.8 Å². The third-order valence-electron chi connectivity index (χ3n) is 2.90. The van der Waals surface area contributed by atoms with Crippen molar-refractivity contribution in [1.82, 2.24) is 0 Å². The quantitative estimate of drug-likeness (QED) is 0.840. The van der Waals surface area contributed by atoms with Gasteiger partial charge in [0.15, 0.2) is 0 Å². The minimum absolute atomic E-state index is 0.630. The molecule has 0 radical (unpaired) electrons. The van der Waals surface area contributed by atoms with Crippen LogP contribution in [-0.4, -0.2) is 14.2 Å². The van der Waals surface area contributed by atoms with Crippen LogP contribution in [0.25, 0.3) is 0 Å². The summed E-state index contributed by atoms with van der Waals surface area (Å²) in [5.41, 5.74) is 1.92. The van der Waals surface area contributed by atoms with E-state index in [1.807, 2.05) is 36.4 Å². The molecule has 0 atom stereocenters. The molecular weight excluding hydrogens is 342 g/mol. The largest absolute Gasteiger partial charge is 0.497 e. The Bertz CT molecular complexity index is 551. The first-order chi connectivity index (χ1) is 9.63. The zero-order chi connectivity index (χ0) is 14.5. The molecule has 3 nitrogen and oxygen atoms in total. The molecule has 0 saturated heterocycles. The van der Waals surface area contributed by atoms with Gasteiger partial charge in [0.1, 0.15) is 11.5 Å². The van der Waals surface area contributed by atoms with Crippen LogP contribution in [0.2, 0.25) is 5.02 Å². The number of nitrogens with one attached hydrogen (secondary N) is 1. The molecule has 1 N–H and O–H groups in total. The van der Waals surface area contributed by atoms with Crippen LogP contribution in [0.4, 0.5) is 5.69 Å². The minimum atomic E-state index is 0.630. The van der Waals surface area contributed by atoms with Gasteiger partial charge in [-0.3, -0.25) is 0 Å². The normalized spacial score (nSPS) is 10.2. The molecule has 5 heteroatoms. The minimum Gasteiger partial charge on any atom is -0.497 e. The summed E-state index contributed by atoms with van der Waals surface area (Å²) < 4.78 is 11.4. The topological polar surface area (TPSA) is 30.5 Å². The average molecular weight is 357 g/mol. The van der Waals surface area contributed by atoms with E-state index in [9.17, 15) is 0 Å². The Morgan fingerprint density at radius 2 is 1.70 bits per heavy atom. The first-order valence-electron chi connectivity index (χ1n) is 6.04. The maximum atomic E-state index is 6.16. The van der Waals surface area contributed by atoms with E-state index in [4.69, 9.17) is 21.1 Å². The summed E-state index contributed by atoms with van der Waals surface area (Å²) in [7, 11) is 3.28. The molecule has 2 aromatic rings. The van der Waals surface area contributed by atoms with E-state index in [-0.39, 0.29) is 0 Å². The number of hydrogen-bond acceptors (Lipinski definition) is 3. The number of hydrogen-bond donors (Lipinski definition) is 1. The highest BCUT2D eigenvalue weighted by Crippen LogP contribution is 2.28. The zero-order valence-electron chi connectivity index (χ0n) is 11.2. The summed E-state index contributed by atoms with van der Waals surface area (Å²) in [5, 5.41) is 3.96. The molecule has 0 saturated carbocycles. The lowest BCUT2D eigenvalue weighted by Crippen LogP contribution is -2.01. The number of rotatable bonds is 5. The van der Waals surface area contributed by atoms with Gasteiger partial charge in [-0.1, -0.05) is 27.5 Å². The Hall–Kier alpha value is -1.39. The Labute approximate surface area is 132 Å². The molecule has 106 valence electrons. The lowest BCUT2D eigenvalue weighted by atomic mass is 10.2. The lowest BCUT2D eigenvalue weighted by Gasteiger charge is -2.12. The Morgan fingerprint density at radius 1 is 1.05 bits per heavy atom. The third-order valence-corrected chi connectivity index (χ3v) is 4.00. The van der Waals surface area contributed by atoms with Gasteiger partial charge in [-0.15, -0.1) is 0 Å². The first kappa shape index (κ1) is 15.0. The molecule has 0 aliphatic rings. The van der Waals surface area contributed by atoms with Crippen LogP contribution in [0.15, 0.2) is 40.9 Å². The number of anilines is 1. The predicted molar refractivity (Wildman–Crippen MR) is 86.0 cm³/mol. The van der Waals surface area contributed by atoms with Crippen LogP contribution in [-0.2, 0) is 6.54 Å². The third kappa shape index (κ3) is 3.58. The average Bonchev–Trinajstić information content (AvgIpc) is 2.48. The van der Waals surface area contributed by atoms with Crippen molar-refractivity contribution in [3.05, 3.63) is 51.5 Å². The second-order valence-corrected chi connectivity index (χ2v) is 5.42. The highest BCUT2D eigenvalue weighted by molar-refractivity contribution is 9.10. The first-order valence-corrected chi connectivity index (χ1v) is 7.21. The van der Waals surface area contributed by atoms with Gasteiger partial charge in [0.25, 0.3) is 0 Å². The number of ether oxygens (including phenoxy) is 2. The summed E-state index contributed by atoms with van der Waals surface area (Å²) in [4.78, 5) is 0. The summed E-state index contributed by atoms with van der Waals surface area (Å²) in [6.07, 6.45) is 0. The SMILES string of the molecule is COc1ccc(Br)c(CNc2cc(OC)ccc2Cl)c1. The predicted octanol–water partition coefficient (Wildman–Crippen LogP) is 4.73. The molecule has 0 fully saturated rings. The molecule has 0 aromatic heterocycles. The van der Waals surface area contributed by atoms with Crippen molar-refractivity contribution in [2.75, 3.05) is 19.5 Å². The Balaban J connectivity index is 2.16. The molecule has 0 aliphatic carbocycles. The van der Waals surface area contributed by atoms with Crippen molar-refractivity contribution in [3.8, 4) is 11.5 Å². The molecule has 0 unspecified atom stereocenters. The van der Waals surface area contributed by atoms with Crippen molar-refractivity contribution in [2.45, 2.75) is 6.54 Å². The summed E-state index contributed by atoms with van der Waals surface area (Å²) >= 11 is 9.69. The summed E-state index contributed by atoms with van der Waals surface area (Å²) in [5.74, 6) is 1.59. The molecule has 0 spiro atoms. The van der Waals surface area contributed by atoms with E-state index >= 15 is 0 Å². The van der Waals surface area contributed by atoms with Crippen molar-refractivity contribution in [1.29, 1.82) is 0 Å². The van der Waals surface area contributed by atoms with Gasteiger partial charge in [0.05, 0.1) is 24.9 Å². The second kappa shape index (κ2) is 6.86. The van der Waals surface area contributed by atoms with E-state index in [1.165, 1.54) is 0 Å². The molecule has 0 amide bonds. The number of halogens is 2. The standard InChI is InChI=1S/C15H15BrClNO2/c1-19-11-3-5-13(16)10(7-11)9-18-15-8-12(20-2)4-6-14(15)17/h3-8,18H,9H2,1-2H3. The molecule has 0 aliphatic heterocycles. The lowest BCUT2D eigenvalue weighted by molar-refractivity contribution is 0.414. The fourth-order valence-electron chi connectivity index (χ4n) is 1.77. The maximum Gasteiger partial charge on any atom is 0.121 e. The fourth-order valence-corrected chi connectivity index (χ4v) is 2.34. The van der Waals surface area contributed by atoms with E-state index in [0.717, 1.165) is 27.2 Å². The highest BCUT2D eigenvalue weighted by atomic mass is 79.9. The Kier molecular flexibility index (Phi) is 5.15. The molecule has 20 heavy (non-hydrogen) atoms. The van der Waals surface area contributed by atoms with E-state index < -0.39 is 0 Å². The Morgan fingerprint density at radius 3 is 2.40 bits per heavy atom. The summed E-state index contributed by atoms with van der Waals surface area (Å²) in [6, 6.07) is 11.4. The van der Waals surface area contributed by atoms with Crippen LogP contribution in [0.5, 0.6) is 11.5 Å². The monoisotopic (exact) mass is 355 g/mol. The van der Waals surface area contributed by atoms with Gasteiger partial charge in [-0.2, -0.15) is 0 Å². The molecule has 2 aromatic carbocycles. The van der Waals surface area contributed by atoms with Crippen LogP contribution in [0, 0.1) is 0 Å². The van der Waals surface area contributed by atoms with Gasteiger partial charge in [-0.25, -0.2) is 0 Å². The van der Waals surface area contributed by atoms with Gasteiger partial charge in [-0.05, 0) is 35.9 Å². The van der Waals surface area contributed by atoms with Gasteiger partial charge >= 0.3 is 0 Å². The van der Waals surface area contributed by atoms with Crippen molar-refractivity contribution >= 4 is 33.2 Å². The smallest absolute Gasteiger partial charge is 0.121 e. The van der Waals surface area contributed by atoms with Crippen molar-refractivity contribution < 1.29 is 9.47 Å². The van der Waals surface area contributed by atoms with Crippen LogP contribution in [0.1, 0.15) is 5.56 Å². The van der Waals surface area contributed by atoms with Gasteiger partial charge in [0.2, 0.25) is 0 Å². The summed E-state index contributed by atoms with van der Waals surface area (Å²) in [6.45, 7) is 0.630. The van der Waals surface area contributed by atoms with Crippen LogP contribution in [0.3, 0.4) is 0 Å². The maximum absolute atomic E-state index is 6.16.